The average molecular weight is 151 g/mol. The van der Waals surface area contributed by atoms with Crippen molar-refractivity contribution >= 4 is 5.78 Å². The fraction of sp³-hybridized carbons (Fsp3) is 0.889. The molecular formula is C9H13NO. The predicted molar refractivity (Wildman–Crippen MR) is 41.1 cm³/mol. The highest BCUT2D eigenvalue weighted by atomic mass is 16.1. The van der Waals surface area contributed by atoms with Gasteiger partial charge in [-0.1, -0.05) is 0 Å². The van der Waals surface area contributed by atoms with E-state index in [1.807, 2.05) is 0 Å². The van der Waals surface area contributed by atoms with Crippen LogP contribution in [0.1, 0.15) is 12.8 Å². The second-order valence-corrected chi connectivity index (χ2v) is 4.18. The smallest absolute Gasteiger partial charge is 0.139 e. The lowest BCUT2D eigenvalue weighted by atomic mass is 9.82. The Balaban J connectivity index is 1.99. The van der Waals surface area contributed by atoms with Gasteiger partial charge < -0.3 is 5.32 Å². The molecule has 1 heterocycles. The third-order valence-corrected chi connectivity index (χ3v) is 3.86. The molecule has 0 spiro atoms. The Morgan fingerprint density at radius 1 is 1.09 bits per heavy atom. The Labute approximate surface area is 66.4 Å². The molecule has 2 aliphatic carbocycles. The number of hydrogen-bond donors (Lipinski definition) is 1. The maximum Gasteiger partial charge on any atom is 0.139 e. The van der Waals surface area contributed by atoms with Crippen molar-refractivity contribution in [2.45, 2.75) is 12.8 Å². The SMILES string of the molecule is O=C1C2CCC1C1CNCC21. The van der Waals surface area contributed by atoms with E-state index in [0.29, 0.717) is 17.6 Å². The highest BCUT2D eigenvalue weighted by molar-refractivity contribution is 5.88. The van der Waals surface area contributed by atoms with Crippen LogP contribution < -0.4 is 5.32 Å². The van der Waals surface area contributed by atoms with E-state index >= 15 is 0 Å². The molecule has 2 heteroatoms. The zero-order chi connectivity index (χ0) is 7.42. The second kappa shape index (κ2) is 1.86. The number of nitrogens with one attached hydrogen (secondary N) is 1. The van der Waals surface area contributed by atoms with Gasteiger partial charge in [0.25, 0.3) is 0 Å². The van der Waals surface area contributed by atoms with Gasteiger partial charge in [-0.25, -0.2) is 0 Å². The topological polar surface area (TPSA) is 29.1 Å². The Hall–Kier alpha value is -0.370. The monoisotopic (exact) mass is 151 g/mol. The molecule has 0 radical (unpaired) electrons. The fourth-order valence-corrected chi connectivity index (χ4v) is 3.37. The molecule has 4 atom stereocenters. The van der Waals surface area contributed by atoms with Crippen LogP contribution in [-0.2, 0) is 4.79 Å². The molecule has 3 aliphatic rings. The predicted octanol–water partition coefficient (Wildman–Crippen LogP) is 0.431. The van der Waals surface area contributed by atoms with Crippen LogP contribution >= 0.6 is 0 Å². The molecule has 60 valence electrons. The van der Waals surface area contributed by atoms with E-state index in [-0.39, 0.29) is 0 Å². The van der Waals surface area contributed by atoms with Gasteiger partial charge >= 0.3 is 0 Å². The molecule has 0 aromatic rings. The molecule has 0 aromatic carbocycles. The Morgan fingerprint density at radius 2 is 1.64 bits per heavy atom. The molecule has 3 rings (SSSR count). The van der Waals surface area contributed by atoms with Crippen LogP contribution in [0, 0.1) is 23.7 Å². The highest BCUT2D eigenvalue weighted by Gasteiger charge is 2.55. The number of ketones is 1. The van der Waals surface area contributed by atoms with Crippen molar-refractivity contribution in [1.29, 1.82) is 0 Å². The quantitative estimate of drug-likeness (QED) is 0.544. The summed E-state index contributed by atoms with van der Waals surface area (Å²) in [6, 6.07) is 0. The molecule has 11 heavy (non-hydrogen) atoms. The lowest BCUT2D eigenvalue weighted by Gasteiger charge is -2.20. The fourth-order valence-electron chi connectivity index (χ4n) is 3.37. The summed E-state index contributed by atoms with van der Waals surface area (Å²) in [7, 11) is 0. The minimum absolute atomic E-state index is 0.458. The summed E-state index contributed by atoms with van der Waals surface area (Å²) in [5.41, 5.74) is 0. The van der Waals surface area contributed by atoms with Crippen LogP contribution in [0.4, 0.5) is 0 Å². The second-order valence-electron chi connectivity index (χ2n) is 4.18. The van der Waals surface area contributed by atoms with E-state index in [1.54, 1.807) is 0 Å². The molecule has 1 aliphatic heterocycles. The molecule has 2 bridgehead atoms. The highest BCUT2D eigenvalue weighted by Crippen LogP contribution is 2.50. The number of hydrogen-bond acceptors (Lipinski definition) is 2. The van der Waals surface area contributed by atoms with Crippen molar-refractivity contribution in [2.24, 2.45) is 23.7 Å². The van der Waals surface area contributed by atoms with E-state index in [0.717, 1.165) is 24.9 Å². The molecule has 3 fully saturated rings. The average Bonchev–Trinajstić information content (AvgIpc) is 2.61. The molecule has 2 nitrogen and oxygen atoms in total. The molecule has 1 saturated heterocycles. The zero-order valence-electron chi connectivity index (χ0n) is 6.55. The molecule has 2 saturated carbocycles. The van der Waals surface area contributed by atoms with Gasteiger partial charge in [0.2, 0.25) is 0 Å². The van der Waals surface area contributed by atoms with Gasteiger partial charge in [0.15, 0.2) is 0 Å². The van der Waals surface area contributed by atoms with Crippen molar-refractivity contribution in [3.05, 3.63) is 0 Å². The van der Waals surface area contributed by atoms with Crippen LogP contribution in [0.15, 0.2) is 0 Å². The minimum atomic E-state index is 0.458. The first kappa shape index (κ1) is 6.18. The first-order valence-electron chi connectivity index (χ1n) is 4.62. The largest absolute Gasteiger partial charge is 0.316 e. The zero-order valence-corrected chi connectivity index (χ0v) is 6.55. The van der Waals surface area contributed by atoms with Crippen LogP contribution in [-0.4, -0.2) is 18.9 Å². The number of Topliss-reactive ketones (excluding diaryl/α,β-unsaturated/α-hetero) is 1. The van der Waals surface area contributed by atoms with E-state index in [4.69, 9.17) is 0 Å². The summed E-state index contributed by atoms with van der Waals surface area (Å²) in [5, 5.41) is 3.39. The Morgan fingerprint density at radius 3 is 2.18 bits per heavy atom. The molecule has 4 unspecified atom stereocenters. The molecule has 0 aromatic heterocycles. The molecular weight excluding hydrogens is 138 g/mol. The third-order valence-electron chi connectivity index (χ3n) is 3.86. The van der Waals surface area contributed by atoms with Crippen LogP contribution in [0.5, 0.6) is 0 Å². The maximum atomic E-state index is 11.6. The summed E-state index contributed by atoms with van der Waals surface area (Å²) in [4.78, 5) is 11.6. The van der Waals surface area contributed by atoms with Gasteiger partial charge in [0, 0.05) is 11.8 Å². The summed E-state index contributed by atoms with van der Waals surface area (Å²) in [6.45, 7) is 2.22. The van der Waals surface area contributed by atoms with Gasteiger partial charge in [0.05, 0.1) is 0 Å². The number of carbonyl (C=O) groups excluding carboxylic acids is 1. The van der Waals surface area contributed by atoms with Crippen molar-refractivity contribution in [3.63, 3.8) is 0 Å². The lowest BCUT2D eigenvalue weighted by Crippen LogP contribution is -2.19. The van der Waals surface area contributed by atoms with Gasteiger partial charge in [0.1, 0.15) is 5.78 Å². The summed E-state index contributed by atoms with van der Waals surface area (Å²) in [5.74, 6) is 2.96. The summed E-state index contributed by atoms with van der Waals surface area (Å²) < 4.78 is 0. The first-order chi connectivity index (χ1) is 5.38. The van der Waals surface area contributed by atoms with Crippen molar-refractivity contribution in [1.82, 2.24) is 5.32 Å². The molecule has 0 amide bonds. The van der Waals surface area contributed by atoms with Crippen molar-refractivity contribution in [3.8, 4) is 0 Å². The van der Waals surface area contributed by atoms with E-state index in [9.17, 15) is 4.79 Å². The van der Waals surface area contributed by atoms with Crippen LogP contribution in [0.2, 0.25) is 0 Å². The van der Waals surface area contributed by atoms with E-state index < -0.39 is 0 Å². The number of rotatable bonds is 0. The van der Waals surface area contributed by atoms with Crippen molar-refractivity contribution < 1.29 is 4.79 Å². The van der Waals surface area contributed by atoms with Gasteiger partial charge in [-0.15, -0.1) is 0 Å². The molecule has 1 N–H and O–H groups in total. The van der Waals surface area contributed by atoms with Gasteiger partial charge in [-0.05, 0) is 37.8 Å². The summed E-state index contributed by atoms with van der Waals surface area (Å²) in [6.07, 6.45) is 2.37. The van der Waals surface area contributed by atoms with Gasteiger partial charge in [-0.2, -0.15) is 0 Å². The minimum Gasteiger partial charge on any atom is -0.316 e. The first-order valence-corrected chi connectivity index (χ1v) is 4.62. The Bertz CT molecular complexity index is 194. The van der Waals surface area contributed by atoms with E-state index in [2.05, 4.69) is 5.32 Å². The number of fused-ring (bicyclic) bond motifs is 5. The third kappa shape index (κ3) is 0.598. The lowest BCUT2D eigenvalue weighted by molar-refractivity contribution is -0.122. The number of carbonyl (C=O) groups is 1. The van der Waals surface area contributed by atoms with Crippen LogP contribution in [0.25, 0.3) is 0 Å². The Kier molecular flexibility index (Phi) is 1.05. The van der Waals surface area contributed by atoms with E-state index in [1.165, 1.54) is 12.8 Å². The van der Waals surface area contributed by atoms with Crippen molar-refractivity contribution in [2.75, 3.05) is 13.1 Å². The maximum absolute atomic E-state index is 11.6. The standard InChI is InChI=1S/C9H13NO/c11-9-5-1-2-6(9)8-4-10-3-7(5)8/h5-8,10H,1-4H2. The normalized spacial score (nSPS) is 53.6. The van der Waals surface area contributed by atoms with Crippen LogP contribution in [0.3, 0.4) is 0 Å². The summed E-state index contributed by atoms with van der Waals surface area (Å²) >= 11 is 0. The van der Waals surface area contributed by atoms with Gasteiger partial charge in [-0.3, -0.25) is 4.79 Å².